The van der Waals surface area contributed by atoms with Gasteiger partial charge in [-0.05, 0) is 57.6 Å². The fourth-order valence-electron chi connectivity index (χ4n) is 4.23. The second kappa shape index (κ2) is 13.0. The number of aryl methyl sites for hydroxylation is 1. The summed E-state index contributed by atoms with van der Waals surface area (Å²) in [5, 5.41) is 11.7. The molecule has 8 nitrogen and oxygen atoms in total. The van der Waals surface area contributed by atoms with Gasteiger partial charge in [0, 0.05) is 18.3 Å². The van der Waals surface area contributed by atoms with Crippen molar-refractivity contribution in [1.82, 2.24) is 20.9 Å². The Morgan fingerprint density at radius 3 is 2.41 bits per heavy atom. The van der Waals surface area contributed by atoms with E-state index in [0.717, 1.165) is 18.5 Å². The van der Waals surface area contributed by atoms with Gasteiger partial charge in [0.05, 0.1) is 12.4 Å². The van der Waals surface area contributed by atoms with Crippen LogP contribution in [0.25, 0.3) is 0 Å². The molecular formula is C26H41N5O3. The second-order valence-electron chi connectivity index (χ2n) is 9.57. The van der Waals surface area contributed by atoms with E-state index in [1.807, 2.05) is 49.9 Å². The van der Waals surface area contributed by atoms with Gasteiger partial charge in [-0.3, -0.25) is 14.4 Å². The van der Waals surface area contributed by atoms with Crippen LogP contribution < -0.4 is 21.3 Å². The van der Waals surface area contributed by atoms with Crippen molar-refractivity contribution in [1.29, 1.82) is 0 Å². The highest BCUT2D eigenvalue weighted by molar-refractivity contribution is 5.91. The van der Waals surface area contributed by atoms with Gasteiger partial charge < -0.3 is 26.2 Å². The zero-order valence-corrected chi connectivity index (χ0v) is 21.2. The van der Waals surface area contributed by atoms with Crippen LogP contribution in [0.5, 0.6) is 0 Å². The van der Waals surface area contributed by atoms with E-state index in [1.54, 1.807) is 0 Å². The molecule has 1 unspecified atom stereocenters. The molecule has 0 bridgehead atoms. The molecule has 0 radical (unpaired) electrons. The lowest BCUT2D eigenvalue weighted by Crippen LogP contribution is -2.52. The molecule has 0 spiro atoms. The quantitative estimate of drug-likeness (QED) is 0.375. The number of nitrogens with one attached hydrogen (secondary N) is 4. The third-order valence-electron chi connectivity index (χ3n) is 5.94. The first kappa shape index (κ1) is 27.2. The zero-order chi connectivity index (χ0) is 25.3. The number of likely N-dealkylation sites (tertiary alicyclic amines) is 1. The van der Waals surface area contributed by atoms with Gasteiger partial charge in [0.2, 0.25) is 17.7 Å². The van der Waals surface area contributed by atoms with E-state index >= 15 is 0 Å². The Bertz CT molecular complexity index is 852. The van der Waals surface area contributed by atoms with Crippen molar-refractivity contribution in [2.24, 2.45) is 5.92 Å². The first-order chi connectivity index (χ1) is 16.1. The van der Waals surface area contributed by atoms with Crippen molar-refractivity contribution in [2.45, 2.75) is 78.4 Å². The summed E-state index contributed by atoms with van der Waals surface area (Å²) in [6, 6.07) is 6.99. The second-order valence-corrected chi connectivity index (χ2v) is 9.57. The van der Waals surface area contributed by atoms with E-state index in [9.17, 15) is 14.4 Å². The average Bonchev–Trinajstić information content (AvgIpc) is 3.27. The maximum Gasteiger partial charge on any atom is 0.243 e. The topological polar surface area (TPSA) is 103 Å². The zero-order valence-electron chi connectivity index (χ0n) is 21.2. The van der Waals surface area contributed by atoms with E-state index in [1.165, 1.54) is 5.56 Å². The number of benzene rings is 1. The summed E-state index contributed by atoms with van der Waals surface area (Å²) in [4.78, 5) is 39.7. The van der Waals surface area contributed by atoms with Gasteiger partial charge >= 0.3 is 0 Å². The number of nitrogens with zero attached hydrogens (tertiary/aromatic N) is 1. The predicted octanol–water partition coefficient (Wildman–Crippen LogP) is 2.90. The van der Waals surface area contributed by atoms with Crippen LogP contribution in [0.2, 0.25) is 0 Å². The maximum atomic E-state index is 12.8. The molecule has 1 aliphatic heterocycles. The van der Waals surface area contributed by atoms with Crippen molar-refractivity contribution in [3.63, 3.8) is 0 Å². The summed E-state index contributed by atoms with van der Waals surface area (Å²) < 4.78 is 0. The Balaban J connectivity index is 1.83. The molecule has 4 N–H and O–H groups in total. The number of amides is 3. The highest BCUT2D eigenvalue weighted by Gasteiger charge is 2.32. The van der Waals surface area contributed by atoms with Crippen LogP contribution in [0.3, 0.4) is 0 Å². The first-order valence-electron chi connectivity index (χ1n) is 12.3. The van der Waals surface area contributed by atoms with Gasteiger partial charge in [-0.15, -0.1) is 0 Å². The molecule has 1 aliphatic rings. The largest absolute Gasteiger partial charge is 0.352 e. The van der Waals surface area contributed by atoms with Gasteiger partial charge in [-0.1, -0.05) is 45.0 Å². The molecular weight excluding hydrogens is 430 g/mol. The maximum absolute atomic E-state index is 12.8. The third kappa shape index (κ3) is 8.39. The van der Waals surface area contributed by atoms with Crippen molar-refractivity contribution >= 4 is 23.4 Å². The predicted molar refractivity (Wildman–Crippen MR) is 136 cm³/mol. The summed E-state index contributed by atoms with van der Waals surface area (Å²) in [5.74, 6) is 0.328. The lowest BCUT2D eigenvalue weighted by molar-refractivity contribution is -0.131. The summed E-state index contributed by atoms with van der Waals surface area (Å²) in [7, 11) is 0. The Hall–Kier alpha value is -3.03. The number of rotatable bonds is 12. The molecule has 1 fully saturated rings. The van der Waals surface area contributed by atoms with Crippen LogP contribution >= 0.6 is 0 Å². The number of hydrogen-bond donors (Lipinski definition) is 4. The normalized spacial score (nSPS) is 17.1. The van der Waals surface area contributed by atoms with Crippen molar-refractivity contribution in [3.05, 3.63) is 42.2 Å². The molecule has 34 heavy (non-hydrogen) atoms. The lowest BCUT2D eigenvalue weighted by Gasteiger charge is -2.28. The fourth-order valence-corrected chi connectivity index (χ4v) is 4.23. The Kier molecular flexibility index (Phi) is 10.4. The molecule has 0 saturated carbocycles. The smallest absolute Gasteiger partial charge is 0.243 e. The van der Waals surface area contributed by atoms with Crippen LogP contribution in [0, 0.1) is 12.8 Å². The van der Waals surface area contributed by atoms with Gasteiger partial charge in [0.25, 0.3) is 0 Å². The molecule has 8 heteroatoms. The van der Waals surface area contributed by atoms with Crippen LogP contribution in [-0.4, -0.2) is 53.8 Å². The van der Waals surface area contributed by atoms with Crippen molar-refractivity contribution in [3.8, 4) is 0 Å². The molecule has 2 rings (SSSR count). The number of carbonyl (C=O) groups is 3. The number of carbonyl (C=O) groups excluding carboxylic acids is 3. The molecule has 3 atom stereocenters. The minimum Gasteiger partial charge on any atom is -0.352 e. The average molecular weight is 472 g/mol. The number of hydrogen-bond acceptors (Lipinski definition) is 5. The lowest BCUT2D eigenvalue weighted by atomic mass is 10.0. The summed E-state index contributed by atoms with van der Waals surface area (Å²) in [6.45, 7) is 14.7. The van der Waals surface area contributed by atoms with E-state index in [2.05, 4.69) is 41.7 Å². The highest BCUT2D eigenvalue weighted by atomic mass is 16.2. The first-order valence-corrected chi connectivity index (χ1v) is 12.3. The molecule has 188 valence electrons. The van der Waals surface area contributed by atoms with Gasteiger partial charge in [-0.2, -0.15) is 0 Å². The molecule has 0 aliphatic carbocycles. The van der Waals surface area contributed by atoms with Crippen molar-refractivity contribution in [2.75, 3.05) is 18.4 Å². The van der Waals surface area contributed by atoms with Crippen LogP contribution in [0.4, 0.5) is 5.69 Å². The van der Waals surface area contributed by atoms with Crippen LogP contribution in [-0.2, 0) is 14.4 Å². The Morgan fingerprint density at radius 2 is 1.79 bits per heavy atom. The molecule has 1 aromatic rings. The summed E-state index contributed by atoms with van der Waals surface area (Å²) in [5.41, 5.74) is 2.08. The van der Waals surface area contributed by atoms with Gasteiger partial charge in [-0.25, -0.2) is 0 Å². The monoisotopic (exact) mass is 471 g/mol. The Labute approximate surface area is 203 Å². The minimum atomic E-state index is -0.625. The van der Waals surface area contributed by atoms with Crippen molar-refractivity contribution < 1.29 is 14.4 Å². The molecule has 3 amide bonds. The van der Waals surface area contributed by atoms with Crippen LogP contribution in [0.1, 0.15) is 58.9 Å². The number of anilines is 1. The molecule has 1 heterocycles. The third-order valence-corrected chi connectivity index (χ3v) is 5.94. The fraction of sp³-hybridized carbons (Fsp3) is 0.577. The summed E-state index contributed by atoms with van der Waals surface area (Å²) >= 11 is 0. The SMILES string of the molecule is C=C(Nc1ccc(C)cc1)N1CCC[C@H]1C(=O)NCC(=O)N[C@@H](CC)C(=O)NC(C)CC(C)C. The minimum absolute atomic E-state index is 0.0353. The van der Waals surface area contributed by atoms with Crippen LogP contribution in [0.15, 0.2) is 36.7 Å². The van der Waals surface area contributed by atoms with E-state index in [-0.39, 0.29) is 36.3 Å². The van der Waals surface area contributed by atoms with Gasteiger partial charge in [0.15, 0.2) is 0 Å². The van der Waals surface area contributed by atoms with E-state index in [0.29, 0.717) is 31.1 Å². The standard InChI is InChI=1S/C26H41N5O3/c1-7-22(25(33)28-19(5)15-17(2)3)30-24(32)16-27-26(34)23-9-8-14-31(23)20(6)29-21-12-10-18(4)11-13-21/h10-13,17,19,22-23,29H,6-9,14-16H2,1-5H3,(H,27,34)(H,28,33)(H,30,32)/t19?,22-,23-/m0/s1. The summed E-state index contributed by atoms with van der Waals surface area (Å²) in [6.07, 6.45) is 2.90. The highest BCUT2D eigenvalue weighted by Crippen LogP contribution is 2.23. The molecule has 1 aromatic carbocycles. The van der Waals surface area contributed by atoms with E-state index < -0.39 is 6.04 Å². The Morgan fingerprint density at radius 1 is 1.12 bits per heavy atom. The van der Waals surface area contributed by atoms with E-state index in [4.69, 9.17) is 0 Å². The molecule has 1 saturated heterocycles. The molecule has 0 aromatic heterocycles. The van der Waals surface area contributed by atoms with Gasteiger partial charge in [0.1, 0.15) is 12.1 Å².